The van der Waals surface area contributed by atoms with Crippen LogP contribution < -0.4 is 0 Å². The van der Waals surface area contributed by atoms with Gasteiger partial charge in [0, 0.05) is 11.7 Å². The molecule has 0 amide bonds. The quantitative estimate of drug-likeness (QED) is 0.462. The topological polar surface area (TPSA) is 66.8 Å². The van der Waals surface area contributed by atoms with E-state index in [2.05, 4.69) is 4.74 Å². The maximum absolute atomic E-state index is 10.9. The van der Waals surface area contributed by atoms with Crippen LogP contribution >= 0.6 is 0 Å². The zero-order chi connectivity index (χ0) is 9.19. The molecule has 0 spiro atoms. The molecule has 0 unspecified atom stereocenters. The first kappa shape index (κ1) is 9.54. The van der Waals surface area contributed by atoms with Gasteiger partial charge in [0.05, 0.1) is 7.11 Å². The minimum atomic E-state index is -1.40. The van der Waals surface area contributed by atoms with Crippen LogP contribution in [0.2, 0.25) is 5.31 Å². The average Bonchev–Trinajstić information content (AvgIpc) is 1.95. The molecule has 0 aromatic heterocycles. The second kappa shape index (κ2) is 3.45. The maximum atomic E-state index is 10.9. The van der Waals surface area contributed by atoms with Crippen LogP contribution in [-0.2, 0) is 9.53 Å². The summed E-state index contributed by atoms with van der Waals surface area (Å²) in [6.07, 6.45) is 2.45. The molecule has 2 N–H and O–H groups in total. The summed E-state index contributed by atoms with van der Waals surface area (Å²) in [5.41, 5.74) is 0. The van der Waals surface area contributed by atoms with E-state index in [0.29, 0.717) is 12.8 Å². The van der Waals surface area contributed by atoms with Crippen molar-refractivity contribution in [2.24, 2.45) is 0 Å². The Morgan fingerprint density at radius 2 is 2.17 bits per heavy atom. The molecule has 1 fully saturated rings. The van der Waals surface area contributed by atoms with Gasteiger partial charge in [-0.3, -0.25) is 4.79 Å². The van der Waals surface area contributed by atoms with E-state index >= 15 is 0 Å². The lowest BCUT2D eigenvalue weighted by molar-refractivity contribution is -0.142. The minimum Gasteiger partial charge on any atom is -0.469 e. The van der Waals surface area contributed by atoms with Crippen molar-refractivity contribution in [2.45, 2.75) is 31.0 Å². The molecule has 0 aromatic carbocycles. The average molecular weight is 172 g/mol. The molecule has 0 aromatic rings. The van der Waals surface area contributed by atoms with Crippen LogP contribution in [0.4, 0.5) is 0 Å². The van der Waals surface area contributed by atoms with Gasteiger partial charge in [0.25, 0.3) is 0 Å². The fourth-order valence-corrected chi connectivity index (χ4v) is 1.52. The lowest BCUT2D eigenvalue weighted by atomic mass is 9.46. The zero-order valence-electron chi connectivity index (χ0n) is 7.12. The van der Waals surface area contributed by atoms with Crippen LogP contribution in [0.25, 0.3) is 0 Å². The van der Waals surface area contributed by atoms with Crippen molar-refractivity contribution in [3.63, 3.8) is 0 Å². The smallest absolute Gasteiger partial charge is 0.458 e. The number of ether oxygens (including phenoxy) is 1. The summed E-state index contributed by atoms with van der Waals surface area (Å²) < 4.78 is 4.47. The second-order valence-electron chi connectivity index (χ2n) is 3.34. The number of hydrogen-bond acceptors (Lipinski definition) is 4. The summed E-state index contributed by atoms with van der Waals surface area (Å²) in [6.45, 7) is 0. The molecule has 5 heteroatoms. The second-order valence-corrected chi connectivity index (χ2v) is 3.34. The van der Waals surface area contributed by atoms with Crippen molar-refractivity contribution >= 4 is 13.1 Å². The Labute approximate surface area is 71.7 Å². The monoisotopic (exact) mass is 172 g/mol. The Bertz CT molecular complexity index is 176. The number of hydrogen-bond donors (Lipinski definition) is 2. The number of esters is 1. The summed E-state index contributed by atoms with van der Waals surface area (Å²) in [5, 5.41) is 17.4. The largest absolute Gasteiger partial charge is 0.469 e. The molecular formula is C7H13BO4. The van der Waals surface area contributed by atoms with Gasteiger partial charge in [0.15, 0.2) is 0 Å². The first-order valence-corrected chi connectivity index (χ1v) is 4.04. The molecule has 0 aliphatic heterocycles. The fourth-order valence-electron chi connectivity index (χ4n) is 1.52. The zero-order valence-corrected chi connectivity index (χ0v) is 7.12. The van der Waals surface area contributed by atoms with Crippen LogP contribution in [0.1, 0.15) is 25.7 Å². The summed E-state index contributed by atoms with van der Waals surface area (Å²) in [5.74, 6) is -0.372. The number of carbonyl (C=O) groups excluding carboxylic acids is 1. The highest BCUT2D eigenvalue weighted by Crippen LogP contribution is 2.52. The molecule has 1 saturated carbocycles. The molecule has 12 heavy (non-hydrogen) atoms. The molecule has 0 heterocycles. The van der Waals surface area contributed by atoms with Gasteiger partial charge in [-0.25, -0.2) is 0 Å². The Hall–Kier alpha value is -0.545. The van der Waals surface area contributed by atoms with E-state index in [1.165, 1.54) is 7.11 Å². The van der Waals surface area contributed by atoms with E-state index in [9.17, 15) is 4.79 Å². The first-order chi connectivity index (χ1) is 5.60. The normalized spacial score (nSPS) is 19.6. The Balaban J connectivity index is 2.50. The molecule has 0 bridgehead atoms. The third kappa shape index (κ3) is 1.62. The Morgan fingerprint density at radius 1 is 1.58 bits per heavy atom. The van der Waals surface area contributed by atoms with Gasteiger partial charge in [-0.1, -0.05) is 6.42 Å². The van der Waals surface area contributed by atoms with Gasteiger partial charge >= 0.3 is 13.1 Å². The highest BCUT2D eigenvalue weighted by Gasteiger charge is 2.48. The standard InChI is InChI=1S/C7H13BO4/c1-12-6(9)5-7(8(10)11)3-2-4-7/h10-11H,2-5H2,1H3. The maximum Gasteiger partial charge on any atom is 0.458 e. The van der Waals surface area contributed by atoms with Gasteiger partial charge < -0.3 is 14.8 Å². The van der Waals surface area contributed by atoms with E-state index in [-0.39, 0.29) is 12.4 Å². The van der Waals surface area contributed by atoms with Gasteiger partial charge in [-0.2, -0.15) is 0 Å². The minimum absolute atomic E-state index is 0.112. The van der Waals surface area contributed by atoms with Gasteiger partial charge in [0.2, 0.25) is 0 Å². The number of rotatable bonds is 3. The Kier molecular flexibility index (Phi) is 2.74. The molecule has 0 radical (unpaired) electrons. The molecule has 4 nitrogen and oxygen atoms in total. The first-order valence-electron chi connectivity index (χ1n) is 4.04. The van der Waals surface area contributed by atoms with E-state index in [0.717, 1.165) is 6.42 Å². The lowest BCUT2D eigenvalue weighted by Gasteiger charge is -2.39. The van der Waals surface area contributed by atoms with Crippen molar-refractivity contribution in [1.29, 1.82) is 0 Å². The molecular weight excluding hydrogens is 159 g/mol. The fraction of sp³-hybridized carbons (Fsp3) is 0.857. The van der Waals surface area contributed by atoms with Crippen LogP contribution in [-0.4, -0.2) is 30.2 Å². The van der Waals surface area contributed by atoms with Crippen molar-refractivity contribution in [3.05, 3.63) is 0 Å². The third-order valence-electron chi connectivity index (χ3n) is 2.62. The summed E-state index contributed by atoms with van der Waals surface area (Å²) >= 11 is 0. The van der Waals surface area contributed by atoms with E-state index in [4.69, 9.17) is 10.0 Å². The van der Waals surface area contributed by atoms with Gasteiger partial charge in [-0.15, -0.1) is 0 Å². The van der Waals surface area contributed by atoms with Crippen molar-refractivity contribution in [3.8, 4) is 0 Å². The van der Waals surface area contributed by atoms with Gasteiger partial charge in [0.1, 0.15) is 0 Å². The lowest BCUT2D eigenvalue weighted by Crippen LogP contribution is -2.40. The number of carbonyl (C=O) groups is 1. The third-order valence-corrected chi connectivity index (χ3v) is 2.62. The molecule has 68 valence electrons. The molecule has 0 atom stereocenters. The SMILES string of the molecule is COC(=O)CC1(B(O)O)CCC1. The van der Waals surface area contributed by atoms with Crippen LogP contribution in [0.5, 0.6) is 0 Å². The highest BCUT2D eigenvalue weighted by molar-refractivity contribution is 6.46. The summed E-state index contributed by atoms with van der Waals surface area (Å²) in [7, 11) is -0.0938. The van der Waals surface area contributed by atoms with Crippen LogP contribution in [0.3, 0.4) is 0 Å². The van der Waals surface area contributed by atoms with Gasteiger partial charge in [-0.05, 0) is 12.8 Å². The highest BCUT2D eigenvalue weighted by atomic mass is 16.5. The Morgan fingerprint density at radius 3 is 2.42 bits per heavy atom. The van der Waals surface area contributed by atoms with E-state index in [1.54, 1.807) is 0 Å². The summed E-state index contributed by atoms with van der Waals surface area (Å²) in [4.78, 5) is 10.9. The molecule has 1 aliphatic rings. The van der Waals surface area contributed by atoms with Crippen LogP contribution in [0.15, 0.2) is 0 Å². The molecule has 1 rings (SSSR count). The van der Waals surface area contributed by atoms with E-state index in [1.807, 2.05) is 0 Å². The van der Waals surface area contributed by atoms with Crippen LogP contribution in [0, 0.1) is 0 Å². The predicted molar refractivity (Wildman–Crippen MR) is 43.4 cm³/mol. The van der Waals surface area contributed by atoms with E-state index < -0.39 is 12.4 Å². The number of methoxy groups -OCH3 is 1. The summed E-state index contributed by atoms with van der Waals surface area (Å²) in [6, 6.07) is 0. The molecule has 0 saturated heterocycles. The van der Waals surface area contributed by atoms with Crippen molar-refractivity contribution < 1.29 is 19.6 Å². The van der Waals surface area contributed by atoms with Crippen molar-refractivity contribution in [2.75, 3.05) is 7.11 Å². The molecule has 1 aliphatic carbocycles. The van der Waals surface area contributed by atoms with Crippen molar-refractivity contribution in [1.82, 2.24) is 0 Å². The predicted octanol–water partition coefficient (Wildman–Crippen LogP) is -0.0534.